The molecule has 0 bridgehead atoms. The zero-order valence-corrected chi connectivity index (χ0v) is 13.8. The van der Waals surface area contributed by atoms with Gasteiger partial charge in [-0.1, -0.05) is 12.2 Å². The first-order valence-electron chi connectivity index (χ1n) is 7.08. The quantitative estimate of drug-likeness (QED) is 0.533. The number of rotatable bonds is 4. The molecule has 0 fully saturated rings. The molecule has 0 aliphatic heterocycles. The number of hydrogen-bond donors (Lipinski definition) is 0. The van der Waals surface area contributed by atoms with Crippen LogP contribution >= 0.6 is 0 Å². The van der Waals surface area contributed by atoms with E-state index in [2.05, 4.69) is 9.47 Å². The summed E-state index contributed by atoms with van der Waals surface area (Å²) in [6.45, 7) is 0. The fraction of sp³-hybridized carbons (Fsp3) is 0.500. The van der Waals surface area contributed by atoms with E-state index in [1.807, 2.05) is 0 Å². The minimum atomic E-state index is -1.62. The molecule has 2 rings (SSSR count). The van der Waals surface area contributed by atoms with E-state index in [9.17, 15) is 19.2 Å². The Bertz CT molecular complexity index is 634. The summed E-state index contributed by atoms with van der Waals surface area (Å²) in [4.78, 5) is 48.9. The molecule has 2 aliphatic carbocycles. The molecule has 2 aliphatic rings. The van der Waals surface area contributed by atoms with Crippen molar-refractivity contribution in [1.29, 1.82) is 0 Å². The lowest BCUT2D eigenvalue weighted by Gasteiger charge is -2.34. The summed E-state index contributed by atoms with van der Waals surface area (Å²) in [6.07, 6.45) is 2.41. The average Bonchev–Trinajstić information content (AvgIpc) is 3.10. The second-order valence-electron chi connectivity index (χ2n) is 5.61. The molecule has 0 atom stereocenters. The van der Waals surface area contributed by atoms with Gasteiger partial charge in [0.25, 0.3) is 0 Å². The second-order valence-corrected chi connectivity index (χ2v) is 5.61. The van der Waals surface area contributed by atoms with Gasteiger partial charge in [-0.2, -0.15) is 0 Å². The van der Waals surface area contributed by atoms with E-state index in [0.717, 1.165) is 7.11 Å². The van der Waals surface area contributed by atoms with E-state index >= 15 is 0 Å². The van der Waals surface area contributed by atoms with Gasteiger partial charge in [-0.05, 0) is 12.8 Å². The third kappa shape index (κ3) is 2.21. The third-order valence-electron chi connectivity index (χ3n) is 4.57. The molecule has 8 nitrogen and oxygen atoms in total. The molecular formula is C16H18O8. The van der Waals surface area contributed by atoms with Gasteiger partial charge in [0, 0.05) is 11.1 Å². The van der Waals surface area contributed by atoms with Crippen LogP contribution in [0.25, 0.3) is 0 Å². The predicted octanol–water partition coefficient (Wildman–Crippen LogP) is 0.311. The largest absolute Gasteiger partial charge is 0.469 e. The average molecular weight is 338 g/mol. The summed E-state index contributed by atoms with van der Waals surface area (Å²) in [5.74, 6) is -2.82. The Hall–Kier alpha value is -2.64. The number of esters is 4. The monoisotopic (exact) mass is 338 g/mol. The maximum Gasteiger partial charge on any atom is 0.333 e. The maximum absolute atomic E-state index is 12.6. The van der Waals surface area contributed by atoms with E-state index in [0.29, 0.717) is 0 Å². The number of carbonyl (C=O) groups is 4. The van der Waals surface area contributed by atoms with Crippen molar-refractivity contribution in [2.75, 3.05) is 28.4 Å². The zero-order valence-electron chi connectivity index (χ0n) is 13.8. The van der Waals surface area contributed by atoms with E-state index in [4.69, 9.17) is 9.47 Å². The molecular weight excluding hydrogens is 320 g/mol. The lowest BCUT2D eigenvalue weighted by Crippen LogP contribution is -2.46. The zero-order chi connectivity index (χ0) is 18.1. The number of carbonyl (C=O) groups excluding carboxylic acids is 4. The Labute approximate surface area is 138 Å². The first-order valence-corrected chi connectivity index (χ1v) is 7.08. The molecule has 130 valence electrons. The lowest BCUT2D eigenvalue weighted by molar-refractivity contribution is -0.167. The highest BCUT2D eigenvalue weighted by Gasteiger charge is 2.68. The van der Waals surface area contributed by atoms with Gasteiger partial charge in [0.1, 0.15) is 5.41 Å². The molecule has 0 N–H and O–H groups in total. The highest BCUT2D eigenvalue weighted by molar-refractivity contribution is 6.03. The number of ether oxygens (including phenoxy) is 4. The van der Waals surface area contributed by atoms with Crippen molar-refractivity contribution >= 4 is 23.9 Å². The first kappa shape index (κ1) is 17.7. The topological polar surface area (TPSA) is 105 Å². The van der Waals surface area contributed by atoms with Crippen LogP contribution in [-0.2, 0) is 38.1 Å². The Morgan fingerprint density at radius 1 is 0.750 bits per heavy atom. The molecule has 0 saturated heterocycles. The van der Waals surface area contributed by atoms with Crippen molar-refractivity contribution in [3.05, 3.63) is 23.3 Å². The fourth-order valence-electron chi connectivity index (χ4n) is 3.49. The van der Waals surface area contributed by atoms with E-state index in [1.165, 1.54) is 33.5 Å². The molecule has 8 heteroatoms. The summed E-state index contributed by atoms with van der Waals surface area (Å²) in [5.41, 5.74) is -2.81. The second kappa shape index (κ2) is 6.10. The van der Waals surface area contributed by atoms with Crippen LogP contribution in [-0.4, -0.2) is 52.3 Å². The van der Waals surface area contributed by atoms with Crippen LogP contribution in [0.1, 0.15) is 12.8 Å². The fourth-order valence-corrected chi connectivity index (χ4v) is 3.49. The molecule has 0 aromatic heterocycles. The predicted molar refractivity (Wildman–Crippen MR) is 78.3 cm³/mol. The van der Waals surface area contributed by atoms with Gasteiger partial charge < -0.3 is 18.9 Å². The molecule has 0 aromatic carbocycles. The highest BCUT2D eigenvalue weighted by Crippen LogP contribution is 2.61. The maximum atomic E-state index is 12.6. The number of methoxy groups -OCH3 is 4. The Kier molecular flexibility index (Phi) is 4.50. The number of hydrogen-bond acceptors (Lipinski definition) is 8. The molecule has 0 saturated carbocycles. The Balaban J connectivity index is 2.69. The smallest absolute Gasteiger partial charge is 0.333 e. The molecule has 0 heterocycles. The minimum Gasteiger partial charge on any atom is -0.469 e. The van der Waals surface area contributed by atoms with Crippen LogP contribution in [0.4, 0.5) is 0 Å². The molecule has 0 amide bonds. The van der Waals surface area contributed by atoms with Gasteiger partial charge in [-0.15, -0.1) is 0 Å². The summed E-state index contributed by atoms with van der Waals surface area (Å²) in [6, 6.07) is 0. The Morgan fingerprint density at radius 2 is 1.17 bits per heavy atom. The summed E-state index contributed by atoms with van der Waals surface area (Å²) in [7, 11) is 4.73. The van der Waals surface area contributed by atoms with Crippen molar-refractivity contribution in [2.24, 2.45) is 10.8 Å². The normalized spacial score (nSPS) is 27.5. The van der Waals surface area contributed by atoms with Gasteiger partial charge in [0.05, 0.1) is 33.9 Å². The van der Waals surface area contributed by atoms with Gasteiger partial charge in [-0.25, -0.2) is 9.59 Å². The standard InChI is InChI=1S/C16H18O8/c1-21-11(17)9-5-15(13(19)23-3)7-10(12(18)22-2)8-16(15,6-9)14(20)24-4/h5,7H,6,8H2,1-4H3. The molecule has 0 spiro atoms. The van der Waals surface area contributed by atoms with Crippen molar-refractivity contribution in [2.45, 2.75) is 12.8 Å². The van der Waals surface area contributed by atoms with E-state index < -0.39 is 34.7 Å². The van der Waals surface area contributed by atoms with Crippen molar-refractivity contribution in [1.82, 2.24) is 0 Å². The molecule has 0 aromatic rings. The van der Waals surface area contributed by atoms with Crippen LogP contribution in [0.2, 0.25) is 0 Å². The van der Waals surface area contributed by atoms with Gasteiger partial charge in [0.15, 0.2) is 0 Å². The van der Waals surface area contributed by atoms with Crippen LogP contribution in [0, 0.1) is 10.8 Å². The summed E-state index contributed by atoms with van der Waals surface area (Å²) >= 11 is 0. The van der Waals surface area contributed by atoms with Crippen molar-refractivity contribution in [3.8, 4) is 0 Å². The molecule has 0 unspecified atom stereocenters. The highest BCUT2D eigenvalue weighted by atomic mass is 16.5. The van der Waals surface area contributed by atoms with Crippen molar-refractivity contribution < 1.29 is 38.1 Å². The van der Waals surface area contributed by atoms with Crippen LogP contribution < -0.4 is 0 Å². The van der Waals surface area contributed by atoms with E-state index in [1.54, 1.807) is 0 Å². The van der Waals surface area contributed by atoms with Gasteiger partial charge in [0.2, 0.25) is 0 Å². The minimum absolute atomic E-state index is 0.113. The van der Waals surface area contributed by atoms with Gasteiger partial charge >= 0.3 is 23.9 Å². The molecule has 24 heavy (non-hydrogen) atoms. The van der Waals surface area contributed by atoms with Crippen LogP contribution in [0.5, 0.6) is 0 Å². The summed E-state index contributed by atoms with van der Waals surface area (Å²) in [5, 5.41) is 0. The SMILES string of the molecule is COC(=O)C1=CC2(C(=O)OC)C=C(C(=O)OC)CC2(C(=O)OC)C1. The Morgan fingerprint density at radius 3 is 1.50 bits per heavy atom. The van der Waals surface area contributed by atoms with Crippen LogP contribution in [0.15, 0.2) is 23.3 Å². The molecule has 0 radical (unpaired) electrons. The van der Waals surface area contributed by atoms with Gasteiger partial charge in [-0.3, -0.25) is 9.59 Å². The van der Waals surface area contributed by atoms with Crippen molar-refractivity contribution in [3.63, 3.8) is 0 Å². The third-order valence-corrected chi connectivity index (χ3v) is 4.57. The van der Waals surface area contributed by atoms with Crippen LogP contribution in [0.3, 0.4) is 0 Å². The number of fused-ring (bicyclic) bond motifs is 1. The van der Waals surface area contributed by atoms with E-state index in [-0.39, 0.29) is 24.0 Å². The first-order chi connectivity index (χ1) is 11.3. The summed E-state index contributed by atoms with van der Waals surface area (Å²) < 4.78 is 19.1. The lowest BCUT2D eigenvalue weighted by atomic mass is 9.67.